The van der Waals surface area contributed by atoms with Crippen LogP contribution in [0.5, 0.6) is 0 Å². The van der Waals surface area contributed by atoms with Gasteiger partial charge in [0.1, 0.15) is 0 Å². The fraction of sp³-hybridized carbons (Fsp3) is 1.00. The van der Waals surface area contributed by atoms with Crippen LogP contribution in [-0.4, -0.2) is 62.4 Å². The first-order chi connectivity index (χ1) is 5.95. The van der Waals surface area contributed by atoms with Gasteiger partial charge in [-0.15, -0.1) is 0 Å². The van der Waals surface area contributed by atoms with E-state index in [0.29, 0.717) is 0 Å². The topological polar surface area (TPSA) is 30.5 Å². The van der Waals surface area contributed by atoms with Crippen molar-refractivity contribution in [3.8, 4) is 0 Å². The van der Waals surface area contributed by atoms with Gasteiger partial charge in [-0.25, -0.2) is 0 Å². The van der Waals surface area contributed by atoms with Crippen molar-refractivity contribution in [2.75, 3.05) is 52.6 Å². The molecule has 0 unspecified atom stereocenters. The molecule has 4 heteroatoms. The van der Waals surface area contributed by atoms with Crippen molar-refractivity contribution in [1.82, 2.24) is 20.4 Å². The van der Waals surface area contributed by atoms with Crippen LogP contribution in [-0.2, 0) is 0 Å². The van der Waals surface area contributed by atoms with Crippen LogP contribution in [0.3, 0.4) is 0 Å². The van der Waals surface area contributed by atoms with Gasteiger partial charge >= 0.3 is 0 Å². The zero-order valence-corrected chi connectivity index (χ0v) is 7.55. The molecule has 0 saturated carbocycles. The fourth-order valence-corrected chi connectivity index (χ4v) is 1.77. The summed E-state index contributed by atoms with van der Waals surface area (Å²) in [7, 11) is 0. The third-order valence-corrected chi connectivity index (χ3v) is 2.61. The van der Waals surface area contributed by atoms with Crippen molar-refractivity contribution in [3.63, 3.8) is 0 Å². The Hall–Kier alpha value is -0.160. The standard InChI is InChI=1S/C8H18N4/c1-3-11(7-9-1)5-6-12-4-2-10-8-12/h9-10H,1-8H2. The molecule has 2 fully saturated rings. The minimum absolute atomic E-state index is 1.08. The van der Waals surface area contributed by atoms with E-state index in [-0.39, 0.29) is 0 Å². The van der Waals surface area contributed by atoms with E-state index in [1.54, 1.807) is 0 Å². The summed E-state index contributed by atoms with van der Waals surface area (Å²) in [6.07, 6.45) is 0. The first-order valence-electron chi connectivity index (χ1n) is 4.81. The summed E-state index contributed by atoms with van der Waals surface area (Å²) in [5, 5.41) is 6.68. The van der Waals surface area contributed by atoms with Gasteiger partial charge in [0.15, 0.2) is 0 Å². The summed E-state index contributed by atoms with van der Waals surface area (Å²) in [6.45, 7) is 9.38. The Bertz CT molecular complexity index is 111. The Kier molecular flexibility index (Phi) is 2.94. The van der Waals surface area contributed by atoms with Crippen molar-refractivity contribution in [3.05, 3.63) is 0 Å². The van der Waals surface area contributed by atoms with Crippen LogP contribution in [0.4, 0.5) is 0 Å². The highest BCUT2D eigenvalue weighted by Gasteiger charge is 2.14. The monoisotopic (exact) mass is 170 g/mol. The van der Waals surface area contributed by atoms with E-state index < -0.39 is 0 Å². The molecule has 0 atom stereocenters. The van der Waals surface area contributed by atoms with E-state index in [4.69, 9.17) is 0 Å². The molecule has 2 rings (SSSR count). The molecule has 0 bridgehead atoms. The van der Waals surface area contributed by atoms with Crippen molar-refractivity contribution < 1.29 is 0 Å². The molecule has 2 heterocycles. The maximum Gasteiger partial charge on any atom is 0.0481 e. The second kappa shape index (κ2) is 4.18. The minimum atomic E-state index is 1.08. The lowest BCUT2D eigenvalue weighted by atomic mass is 10.5. The smallest absolute Gasteiger partial charge is 0.0481 e. The molecule has 2 N–H and O–H groups in total. The lowest BCUT2D eigenvalue weighted by molar-refractivity contribution is 0.255. The Balaban J connectivity index is 1.60. The Morgan fingerprint density at radius 1 is 0.833 bits per heavy atom. The molecular formula is C8H18N4. The number of hydrogen-bond donors (Lipinski definition) is 2. The zero-order valence-electron chi connectivity index (χ0n) is 7.55. The molecule has 2 saturated heterocycles. The molecule has 0 aromatic rings. The molecule has 12 heavy (non-hydrogen) atoms. The minimum Gasteiger partial charge on any atom is -0.303 e. The highest BCUT2D eigenvalue weighted by molar-refractivity contribution is 4.71. The number of hydrogen-bond acceptors (Lipinski definition) is 4. The van der Waals surface area contributed by atoms with Crippen molar-refractivity contribution in [2.24, 2.45) is 0 Å². The Morgan fingerprint density at radius 2 is 1.33 bits per heavy atom. The summed E-state index contributed by atoms with van der Waals surface area (Å²) in [6, 6.07) is 0. The van der Waals surface area contributed by atoms with E-state index in [0.717, 1.165) is 26.4 Å². The van der Waals surface area contributed by atoms with E-state index in [2.05, 4.69) is 20.4 Å². The van der Waals surface area contributed by atoms with Crippen LogP contribution in [0.25, 0.3) is 0 Å². The average Bonchev–Trinajstić information content (AvgIpc) is 2.74. The van der Waals surface area contributed by atoms with Crippen LogP contribution in [0.15, 0.2) is 0 Å². The highest BCUT2D eigenvalue weighted by Crippen LogP contribution is 1.96. The SMILES string of the molecule is C1CN(CCN2CCNC2)CN1. The predicted molar refractivity (Wildman–Crippen MR) is 48.9 cm³/mol. The van der Waals surface area contributed by atoms with Gasteiger partial charge in [0.05, 0.1) is 0 Å². The van der Waals surface area contributed by atoms with Crippen LogP contribution >= 0.6 is 0 Å². The molecule has 2 aliphatic rings. The van der Waals surface area contributed by atoms with E-state index in [9.17, 15) is 0 Å². The largest absolute Gasteiger partial charge is 0.303 e. The molecular weight excluding hydrogens is 152 g/mol. The summed E-state index contributed by atoms with van der Waals surface area (Å²) in [5.74, 6) is 0. The molecule has 0 aliphatic carbocycles. The van der Waals surface area contributed by atoms with Crippen molar-refractivity contribution in [1.29, 1.82) is 0 Å². The third kappa shape index (κ3) is 2.17. The van der Waals surface area contributed by atoms with Gasteiger partial charge in [0.25, 0.3) is 0 Å². The number of rotatable bonds is 3. The molecule has 4 nitrogen and oxygen atoms in total. The summed E-state index contributed by atoms with van der Waals surface area (Å²) >= 11 is 0. The third-order valence-electron chi connectivity index (χ3n) is 2.61. The van der Waals surface area contributed by atoms with E-state index >= 15 is 0 Å². The lowest BCUT2D eigenvalue weighted by Gasteiger charge is -2.18. The van der Waals surface area contributed by atoms with Crippen molar-refractivity contribution in [2.45, 2.75) is 0 Å². The van der Waals surface area contributed by atoms with Gasteiger partial charge in [-0.1, -0.05) is 0 Å². The maximum absolute atomic E-state index is 3.34. The number of nitrogens with one attached hydrogen (secondary N) is 2. The lowest BCUT2D eigenvalue weighted by Crippen LogP contribution is -2.33. The molecule has 0 amide bonds. The molecule has 0 radical (unpaired) electrons. The average molecular weight is 170 g/mol. The fourth-order valence-electron chi connectivity index (χ4n) is 1.77. The molecule has 0 spiro atoms. The van der Waals surface area contributed by atoms with Crippen LogP contribution < -0.4 is 10.6 Å². The summed E-state index contributed by atoms with van der Waals surface area (Å²) in [4.78, 5) is 4.94. The van der Waals surface area contributed by atoms with Crippen LogP contribution in [0, 0.1) is 0 Å². The van der Waals surface area contributed by atoms with Crippen LogP contribution in [0.2, 0.25) is 0 Å². The number of nitrogens with zero attached hydrogens (tertiary/aromatic N) is 2. The first kappa shape index (κ1) is 8.44. The summed E-state index contributed by atoms with van der Waals surface area (Å²) in [5.41, 5.74) is 0. The molecule has 2 aliphatic heterocycles. The molecule has 0 aromatic heterocycles. The van der Waals surface area contributed by atoms with Gasteiger partial charge in [0.2, 0.25) is 0 Å². The first-order valence-corrected chi connectivity index (χ1v) is 4.81. The molecule has 70 valence electrons. The van der Waals surface area contributed by atoms with E-state index in [1.807, 2.05) is 0 Å². The van der Waals surface area contributed by atoms with Gasteiger partial charge in [0, 0.05) is 52.6 Å². The van der Waals surface area contributed by atoms with Gasteiger partial charge < -0.3 is 10.6 Å². The quantitative estimate of drug-likeness (QED) is 0.552. The van der Waals surface area contributed by atoms with Crippen LogP contribution in [0.1, 0.15) is 0 Å². The van der Waals surface area contributed by atoms with Gasteiger partial charge in [-0.3, -0.25) is 9.80 Å². The Morgan fingerprint density at radius 3 is 1.67 bits per heavy atom. The Labute approximate surface area is 73.9 Å². The second-order valence-electron chi connectivity index (χ2n) is 3.55. The predicted octanol–water partition coefficient (Wildman–Crippen LogP) is -1.29. The van der Waals surface area contributed by atoms with Crippen molar-refractivity contribution >= 4 is 0 Å². The normalized spacial score (nSPS) is 27.0. The van der Waals surface area contributed by atoms with Gasteiger partial charge in [-0.05, 0) is 0 Å². The highest BCUT2D eigenvalue weighted by atomic mass is 15.3. The summed E-state index contributed by atoms with van der Waals surface area (Å²) < 4.78 is 0. The zero-order chi connectivity index (χ0) is 8.23. The maximum atomic E-state index is 3.34. The van der Waals surface area contributed by atoms with E-state index in [1.165, 1.54) is 26.2 Å². The molecule has 0 aromatic carbocycles. The second-order valence-corrected chi connectivity index (χ2v) is 3.55. The van der Waals surface area contributed by atoms with Gasteiger partial charge in [-0.2, -0.15) is 0 Å².